The van der Waals surface area contributed by atoms with Crippen molar-refractivity contribution >= 4 is 5.97 Å². The lowest BCUT2D eigenvalue weighted by atomic mass is 9.96. The monoisotopic (exact) mass is 281 g/mol. The van der Waals surface area contributed by atoms with Gasteiger partial charge in [0.15, 0.2) is 0 Å². The first-order chi connectivity index (χ1) is 9.44. The summed E-state index contributed by atoms with van der Waals surface area (Å²) in [4.78, 5) is 11.5. The van der Waals surface area contributed by atoms with Crippen LogP contribution >= 0.6 is 0 Å². The molecule has 114 valence electrons. The van der Waals surface area contributed by atoms with Crippen LogP contribution in [0.15, 0.2) is 6.07 Å². The molecule has 1 aromatic rings. The van der Waals surface area contributed by atoms with Gasteiger partial charge in [0.2, 0.25) is 0 Å². The van der Waals surface area contributed by atoms with E-state index in [9.17, 15) is 4.79 Å². The van der Waals surface area contributed by atoms with E-state index in [1.54, 1.807) is 6.92 Å². The van der Waals surface area contributed by atoms with Crippen LogP contribution in [0.4, 0.5) is 0 Å². The molecule has 0 radical (unpaired) electrons. The second-order valence-corrected chi connectivity index (χ2v) is 5.42. The van der Waals surface area contributed by atoms with E-state index < -0.39 is 5.54 Å². The molecule has 20 heavy (non-hydrogen) atoms. The topological polar surface area (TPSA) is 70.1 Å². The van der Waals surface area contributed by atoms with Gasteiger partial charge in [-0.15, -0.1) is 0 Å². The summed E-state index contributed by atoms with van der Waals surface area (Å²) in [5, 5.41) is 4.58. The van der Waals surface area contributed by atoms with Gasteiger partial charge in [-0.3, -0.25) is 9.48 Å². The third-order valence-corrected chi connectivity index (χ3v) is 3.61. The average molecular weight is 281 g/mol. The van der Waals surface area contributed by atoms with Gasteiger partial charge in [0.1, 0.15) is 5.54 Å². The van der Waals surface area contributed by atoms with Gasteiger partial charge >= 0.3 is 5.97 Å². The van der Waals surface area contributed by atoms with Gasteiger partial charge in [0.05, 0.1) is 12.8 Å². The molecule has 5 nitrogen and oxygen atoms in total. The van der Waals surface area contributed by atoms with E-state index in [-0.39, 0.29) is 5.97 Å². The number of aromatic nitrogens is 2. The Kier molecular flexibility index (Phi) is 6.20. The number of rotatable bonds is 8. The molecule has 0 aliphatic carbocycles. The van der Waals surface area contributed by atoms with Crippen LogP contribution in [0.3, 0.4) is 0 Å². The first-order valence-electron chi connectivity index (χ1n) is 7.37. The van der Waals surface area contributed by atoms with Crippen molar-refractivity contribution in [2.24, 2.45) is 5.73 Å². The van der Waals surface area contributed by atoms with Gasteiger partial charge in [0, 0.05) is 12.2 Å². The van der Waals surface area contributed by atoms with Gasteiger partial charge in [0.25, 0.3) is 0 Å². The normalized spacial score (nSPS) is 14.1. The molecule has 1 aromatic heterocycles. The molecular weight excluding hydrogens is 254 g/mol. The minimum Gasteiger partial charge on any atom is -0.468 e. The summed E-state index contributed by atoms with van der Waals surface area (Å²) in [5.41, 5.74) is 7.45. The van der Waals surface area contributed by atoms with Gasteiger partial charge in [-0.2, -0.15) is 5.10 Å². The van der Waals surface area contributed by atoms with Crippen LogP contribution < -0.4 is 5.73 Å². The fraction of sp³-hybridized carbons (Fsp3) is 0.733. The fourth-order valence-corrected chi connectivity index (χ4v) is 2.25. The molecule has 0 spiro atoms. The maximum absolute atomic E-state index is 11.5. The number of hydrogen-bond donors (Lipinski definition) is 1. The summed E-state index contributed by atoms with van der Waals surface area (Å²) < 4.78 is 6.78. The second kappa shape index (κ2) is 7.43. The maximum atomic E-state index is 11.5. The fourth-order valence-electron chi connectivity index (χ4n) is 2.25. The number of methoxy groups -OCH3 is 1. The van der Waals surface area contributed by atoms with Crippen LogP contribution in [-0.2, 0) is 28.9 Å². The maximum Gasteiger partial charge on any atom is 0.325 e. The second-order valence-electron chi connectivity index (χ2n) is 5.42. The Bertz CT molecular complexity index is 438. The number of nitrogens with zero attached hydrogens (tertiary/aromatic N) is 2. The molecule has 2 N–H and O–H groups in total. The lowest BCUT2D eigenvalue weighted by molar-refractivity contribution is -0.146. The molecule has 0 aliphatic rings. The molecule has 1 atom stereocenters. The summed E-state index contributed by atoms with van der Waals surface area (Å²) in [6.45, 7) is 6.85. The van der Waals surface area contributed by atoms with Crippen LogP contribution in [0.5, 0.6) is 0 Å². The van der Waals surface area contributed by atoms with Crippen molar-refractivity contribution in [2.75, 3.05) is 7.11 Å². The van der Waals surface area contributed by atoms with Gasteiger partial charge in [-0.25, -0.2) is 0 Å². The Balaban J connectivity index is 2.45. The zero-order valence-electron chi connectivity index (χ0n) is 13.1. The predicted octanol–water partition coefficient (Wildman–Crippen LogP) is 2.07. The van der Waals surface area contributed by atoms with E-state index in [1.165, 1.54) is 12.8 Å². The van der Waals surface area contributed by atoms with Crippen LogP contribution in [-0.4, -0.2) is 28.4 Å². The summed E-state index contributed by atoms with van der Waals surface area (Å²) >= 11 is 0. The highest BCUT2D eigenvalue weighted by Gasteiger charge is 2.28. The summed E-state index contributed by atoms with van der Waals surface area (Å²) in [7, 11) is 1.37. The number of ether oxygens (including phenoxy) is 1. The summed E-state index contributed by atoms with van der Waals surface area (Å²) in [6, 6.07) is 2.17. The first kappa shape index (κ1) is 16.7. The summed E-state index contributed by atoms with van der Waals surface area (Å²) in [5.74, 6) is -0.348. The van der Waals surface area contributed by atoms with E-state index in [2.05, 4.69) is 29.7 Å². The first-order valence-corrected chi connectivity index (χ1v) is 7.37. The van der Waals surface area contributed by atoms with E-state index in [1.807, 2.05) is 0 Å². The van der Waals surface area contributed by atoms with Crippen LogP contribution in [0.1, 0.15) is 51.4 Å². The lowest BCUT2D eigenvalue weighted by Gasteiger charge is -2.21. The smallest absolute Gasteiger partial charge is 0.325 e. The zero-order chi connectivity index (χ0) is 15.2. The number of hydrogen-bond acceptors (Lipinski definition) is 4. The Morgan fingerprint density at radius 3 is 2.65 bits per heavy atom. The number of nitrogens with two attached hydrogens (primary N) is 1. The van der Waals surface area contributed by atoms with Crippen molar-refractivity contribution in [2.45, 2.75) is 65.0 Å². The third-order valence-electron chi connectivity index (χ3n) is 3.61. The Morgan fingerprint density at radius 2 is 2.10 bits per heavy atom. The molecule has 5 heteroatoms. The quantitative estimate of drug-likeness (QED) is 0.585. The molecule has 0 bridgehead atoms. The van der Waals surface area contributed by atoms with E-state index in [0.717, 1.165) is 37.9 Å². The molecule has 1 heterocycles. The van der Waals surface area contributed by atoms with Gasteiger partial charge in [-0.1, -0.05) is 13.8 Å². The highest BCUT2D eigenvalue weighted by atomic mass is 16.5. The van der Waals surface area contributed by atoms with Crippen LogP contribution in [0.25, 0.3) is 0 Å². The standard InChI is InChI=1S/C15H27N3O2/c1-5-12-11-13(6-2)18(17-12)10-8-7-9-15(3,16)14(19)20-4/h11H,5-10,16H2,1-4H3. The third kappa shape index (κ3) is 4.34. The Morgan fingerprint density at radius 1 is 1.40 bits per heavy atom. The van der Waals surface area contributed by atoms with E-state index in [4.69, 9.17) is 10.5 Å². The molecule has 1 rings (SSSR count). The number of esters is 1. The SMILES string of the molecule is CCc1cc(CC)n(CCCCC(C)(N)C(=O)OC)n1. The van der Waals surface area contributed by atoms with Crippen molar-refractivity contribution in [3.8, 4) is 0 Å². The number of carbonyl (C=O) groups excluding carboxylic acids is 1. The zero-order valence-corrected chi connectivity index (χ0v) is 13.1. The van der Waals surface area contributed by atoms with E-state index >= 15 is 0 Å². The number of unbranched alkanes of at least 4 members (excludes halogenated alkanes) is 1. The molecule has 0 amide bonds. The lowest BCUT2D eigenvalue weighted by Crippen LogP contribution is -2.45. The minimum absolute atomic E-state index is 0.348. The predicted molar refractivity (Wildman–Crippen MR) is 79.4 cm³/mol. The van der Waals surface area contributed by atoms with Crippen molar-refractivity contribution in [3.63, 3.8) is 0 Å². The van der Waals surface area contributed by atoms with Gasteiger partial charge in [-0.05, 0) is 45.1 Å². The molecule has 0 saturated heterocycles. The molecule has 0 aliphatic heterocycles. The Labute approximate surface area is 121 Å². The summed E-state index contributed by atoms with van der Waals surface area (Å²) in [6.07, 6.45) is 4.42. The van der Waals surface area contributed by atoms with Crippen molar-refractivity contribution in [1.82, 2.24) is 9.78 Å². The molecule has 0 aromatic carbocycles. The highest BCUT2D eigenvalue weighted by Crippen LogP contribution is 2.14. The largest absolute Gasteiger partial charge is 0.468 e. The van der Waals surface area contributed by atoms with Gasteiger partial charge < -0.3 is 10.5 Å². The van der Waals surface area contributed by atoms with E-state index in [0.29, 0.717) is 6.42 Å². The molecule has 0 saturated carbocycles. The number of aryl methyl sites for hydroxylation is 3. The van der Waals surface area contributed by atoms with Crippen molar-refractivity contribution < 1.29 is 9.53 Å². The molecule has 1 unspecified atom stereocenters. The Hall–Kier alpha value is -1.36. The van der Waals surface area contributed by atoms with Crippen molar-refractivity contribution in [1.29, 1.82) is 0 Å². The molecular formula is C15H27N3O2. The van der Waals surface area contributed by atoms with Crippen LogP contribution in [0, 0.1) is 0 Å². The average Bonchev–Trinajstić information content (AvgIpc) is 2.85. The highest BCUT2D eigenvalue weighted by molar-refractivity contribution is 5.79. The molecule has 0 fully saturated rings. The minimum atomic E-state index is -0.888. The number of carbonyl (C=O) groups is 1. The van der Waals surface area contributed by atoms with Crippen LogP contribution in [0.2, 0.25) is 0 Å². The van der Waals surface area contributed by atoms with Crippen molar-refractivity contribution in [3.05, 3.63) is 17.5 Å².